The third kappa shape index (κ3) is 5.97. The fourth-order valence-corrected chi connectivity index (χ4v) is 3.49. The van der Waals surface area contributed by atoms with Crippen LogP contribution in [0.25, 0.3) is 11.4 Å². The van der Waals surface area contributed by atoms with Crippen molar-refractivity contribution in [1.29, 1.82) is 0 Å². The normalized spacial score (nSPS) is 11.2. The maximum atomic E-state index is 12.9. The minimum atomic E-state index is -0.266. The molecule has 8 heteroatoms. The number of hydrogen-bond acceptors (Lipinski definition) is 5. The molecule has 3 aromatic carbocycles. The molecule has 0 radical (unpaired) electrons. The van der Waals surface area contributed by atoms with Crippen molar-refractivity contribution < 1.29 is 9.59 Å². The molecule has 0 aliphatic heterocycles. The van der Waals surface area contributed by atoms with Gasteiger partial charge in [-0.15, -0.1) is 10.2 Å². The molecule has 2 amide bonds. The molecule has 0 unspecified atom stereocenters. The van der Waals surface area contributed by atoms with Crippen LogP contribution in [0.4, 0.5) is 11.4 Å². The number of nitrogens with one attached hydrogen (secondary N) is 2. The Hall–Kier alpha value is -4.33. The number of amides is 2. The van der Waals surface area contributed by atoms with E-state index in [9.17, 15) is 9.59 Å². The molecule has 1 heterocycles. The van der Waals surface area contributed by atoms with Gasteiger partial charge in [-0.2, -0.15) is 4.80 Å². The highest BCUT2D eigenvalue weighted by Gasteiger charge is 2.17. The highest BCUT2D eigenvalue weighted by atomic mass is 16.2. The molecule has 0 bridgehead atoms. The smallest absolute Gasteiger partial charge is 0.255 e. The molecule has 1 aromatic heterocycles. The Kier molecular flexibility index (Phi) is 6.73. The van der Waals surface area contributed by atoms with Crippen LogP contribution in [0.1, 0.15) is 42.3 Å². The summed E-state index contributed by atoms with van der Waals surface area (Å²) in [6, 6.07) is 22.3. The van der Waals surface area contributed by atoms with Crippen LogP contribution in [0.2, 0.25) is 0 Å². The van der Waals surface area contributed by atoms with Crippen LogP contribution >= 0.6 is 0 Å². The summed E-state index contributed by atoms with van der Waals surface area (Å²) in [5, 5.41) is 18.2. The van der Waals surface area contributed by atoms with Gasteiger partial charge in [0, 0.05) is 16.8 Å². The average Bonchev–Trinajstić information content (AvgIpc) is 3.28. The summed E-state index contributed by atoms with van der Waals surface area (Å²) >= 11 is 0. The van der Waals surface area contributed by atoms with Crippen molar-refractivity contribution in [1.82, 2.24) is 20.2 Å². The molecule has 4 rings (SSSR count). The standard InChI is InChI=1S/C27H28N6O2/c1-18-9-15-21(16-10-18)28-24(34)17-33-31-25(30-32-33)22-7-5-6-8-23(22)29-26(35)19-11-13-20(14-12-19)27(2,3)4/h5-16H,17H2,1-4H3,(H,28,34)(H,29,35). The van der Waals surface area contributed by atoms with Crippen molar-refractivity contribution in [3.63, 3.8) is 0 Å². The highest BCUT2D eigenvalue weighted by molar-refractivity contribution is 6.06. The van der Waals surface area contributed by atoms with Crippen LogP contribution in [-0.4, -0.2) is 32.0 Å². The highest BCUT2D eigenvalue weighted by Crippen LogP contribution is 2.26. The first kappa shape index (κ1) is 23.8. The maximum absolute atomic E-state index is 12.9. The quantitative estimate of drug-likeness (QED) is 0.422. The Labute approximate surface area is 204 Å². The van der Waals surface area contributed by atoms with Crippen molar-refractivity contribution in [3.8, 4) is 11.4 Å². The second-order valence-corrected chi connectivity index (χ2v) is 9.38. The number of hydrogen-bond donors (Lipinski definition) is 2. The number of para-hydroxylation sites is 1. The SMILES string of the molecule is Cc1ccc(NC(=O)Cn2nnc(-c3ccccc3NC(=O)c3ccc(C(C)(C)C)cc3)n2)cc1. The van der Waals surface area contributed by atoms with E-state index in [1.54, 1.807) is 12.1 Å². The van der Waals surface area contributed by atoms with E-state index >= 15 is 0 Å². The third-order valence-corrected chi connectivity index (χ3v) is 5.50. The molecule has 0 aliphatic rings. The predicted molar refractivity (Wildman–Crippen MR) is 136 cm³/mol. The summed E-state index contributed by atoms with van der Waals surface area (Å²) in [6.45, 7) is 8.28. The van der Waals surface area contributed by atoms with Gasteiger partial charge in [0.2, 0.25) is 11.7 Å². The van der Waals surface area contributed by atoms with Gasteiger partial charge in [-0.05, 0) is 59.5 Å². The first-order chi connectivity index (χ1) is 16.7. The van der Waals surface area contributed by atoms with Crippen molar-refractivity contribution >= 4 is 23.2 Å². The van der Waals surface area contributed by atoms with Crippen molar-refractivity contribution in [2.75, 3.05) is 10.6 Å². The van der Waals surface area contributed by atoms with Crippen LogP contribution in [0, 0.1) is 6.92 Å². The summed E-state index contributed by atoms with van der Waals surface area (Å²) < 4.78 is 0. The summed E-state index contributed by atoms with van der Waals surface area (Å²) in [4.78, 5) is 26.5. The number of anilines is 2. The molecule has 0 aliphatic carbocycles. The van der Waals surface area contributed by atoms with E-state index in [0.29, 0.717) is 28.3 Å². The van der Waals surface area contributed by atoms with Gasteiger partial charge in [-0.3, -0.25) is 9.59 Å². The zero-order valence-electron chi connectivity index (χ0n) is 20.2. The number of carbonyl (C=O) groups excluding carboxylic acids is 2. The first-order valence-corrected chi connectivity index (χ1v) is 11.3. The summed E-state index contributed by atoms with van der Waals surface area (Å²) in [7, 11) is 0. The molecule has 0 spiro atoms. The molecular formula is C27H28N6O2. The Morgan fingerprint density at radius 1 is 0.886 bits per heavy atom. The lowest BCUT2D eigenvalue weighted by Gasteiger charge is -2.19. The number of aryl methyl sites for hydroxylation is 1. The number of aromatic nitrogens is 4. The number of tetrazole rings is 1. The number of rotatable bonds is 6. The predicted octanol–water partition coefficient (Wildman–Crippen LogP) is 4.84. The second kappa shape index (κ2) is 9.89. The zero-order chi connectivity index (χ0) is 25.0. The molecule has 0 atom stereocenters. The Bertz CT molecular complexity index is 1340. The van der Waals surface area contributed by atoms with Crippen LogP contribution in [0.15, 0.2) is 72.8 Å². The van der Waals surface area contributed by atoms with Crippen molar-refractivity contribution in [2.24, 2.45) is 0 Å². The molecule has 178 valence electrons. The fraction of sp³-hybridized carbons (Fsp3) is 0.222. The van der Waals surface area contributed by atoms with Crippen LogP contribution in [-0.2, 0) is 16.8 Å². The second-order valence-electron chi connectivity index (χ2n) is 9.38. The summed E-state index contributed by atoms with van der Waals surface area (Å²) in [5.74, 6) is -0.187. The van der Waals surface area contributed by atoms with E-state index < -0.39 is 0 Å². The number of carbonyl (C=O) groups is 2. The van der Waals surface area contributed by atoms with Gasteiger partial charge in [-0.25, -0.2) is 0 Å². The largest absolute Gasteiger partial charge is 0.324 e. The topological polar surface area (TPSA) is 102 Å². The van der Waals surface area contributed by atoms with Gasteiger partial charge in [0.25, 0.3) is 5.91 Å². The maximum Gasteiger partial charge on any atom is 0.255 e. The van der Waals surface area contributed by atoms with Crippen molar-refractivity contribution in [2.45, 2.75) is 39.7 Å². The molecule has 8 nitrogen and oxygen atoms in total. The number of benzene rings is 3. The van der Waals surface area contributed by atoms with Gasteiger partial charge in [0.05, 0.1) is 5.69 Å². The van der Waals surface area contributed by atoms with Gasteiger partial charge < -0.3 is 10.6 Å². The first-order valence-electron chi connectivity index (χ1n) is 11.3. The monoisotopic (exact) mass is 468 g/mol. The molecule has 0 saturated carbocycles. The lowest BCUT2D eigenvalue weighted by Crippen LogP contribution is -2.20. The van der Waals surface area contributed by atoms with Gasteiger partial charge in [-0.1, -0.05) is 62.7 Å². The third-order valence-electron chi connectivity index (χ3n) is 5.50. The molecular weight excluding hydrogens is 440 g/mol. The van der Waals surface area contributed by atoms with Crippen LogP contribution in [0.3, 0.4) is 0 Å². The Morgan fingerprint density at radius 2 is 1.57 bits per heavy atom. The zero-order valence-corrected chi connectivity index (χ0v) is 20.2. The minimum absolute atomic E-state index is 0.0101. The van der Waals surface area contributed by atoms with Gasteiger partial charge in [0.1, 0.15) is 6.54 Å². The minimum Gasteiger partial charge on any atom is -0.324 e. The Balaban J connectivity index is 1.46. The van der Waals surface area contributed by atoms with E-state index in [4.69, 9.17) is 0 Å². The fourth-order valence-electron chi connectivity index (χ4n) is 3.49. The molecule has 2 N–H and O–H groups in total. The van der Waals surface area contributed by atoms with Gasteiger partial charge in [0.15, 0.2) is 0 Å². The van der Waals surface area contributed by atoms with E-state index in [1.807, 2.05) is 67.6 Å². The molecule has 0 fully saturated rings. The van der Waals surface area contributed by atoms with E-state index in [1.165, 1.54) is 4.80 Å². The Morgan fingerprint density at radius 3 is 2.26 bits per heavy atom. The summed E-state index contributed by atoms with van der Waals surface area (Å²) in [6.07, 6.45) is 0. The number of nitrogens with zero attached hydrogens (tertiary/aromatic N) is 4. The lowest BCUT2D eigenvalue weighted by molar-refractivity contribution is -0.117. The van der Waals surface area contributed by atoms with E-state index in [-0.39, 0.29) is 23.8 Å². The van der Waals surface area contributed by atoms with Gasteiger partial charge >= 0.3 is 0 Å². The molecule has 4 aromatic rings. The van der Waals surface area contributed by atoms with E-state index in [0.717, 1.165) is 11.1 Å². The lowest BCUT2D eigenvalue weighted by atomic mass is 9.86. The van der Waals surface area contributed by atoms with Crippen LogP contribution in [0.5, 0.6) is 0 Å². The average molecular weight is 469 g/mol. The van der Waals surface area contributed by atoms with E-state index in [2.05, 4.69) is 46.8 Å². The van der Waals surface area contributed by atoms with Crippen LogP contribution < -0.4 is 10.6 Å². The van der Waals surface area contributed by atoms with Crippen molar-refractivity contribution in [3.05, 3.63) is 89.5 Å². The summed E-state index contributed by atoms with van der Waals surface area (Å²) in [5.41, 5.74) is 4.69. The molecule has 0 saturated heterocycles. The molecule has 35 heavy (non-hydrogen) atoms.